The Labute approximate surface area is 80.9 Å². The van der Waals surface area contributed by atoms with E-state index in [1.54, 1.807) is 0 Å². The molecule has 2 unspecified atom stereocenters. The van der Waals surface area contributed by atoms with Gasteiger partial charge in [0.2, 0.25) is 0 Å². The number of likely N-dealkylation sites (N-methyl/N-ethyl adjacent to an activating group) is 1. The molecule has 14 heavy (non-hydrogen) atoms. The molecule has 6 nitrogen and oxygen atoms in total. The summed E-state index contributed by atoms with van der Waals surface area (Å²) in [6.07, 6.45) is -0.479. The predicted molar refractivity (Wildman–Crippen MR) is 46.9 cm³/mol. The fraction of sp³-hybridized carbons (Fsp3) is 0.625. The quantitative estimate of drug-likeness (QED) is 0.529. The number of hydrogen-bond acceptors (Lipinski definition) is 4. The van der Waals surface area contributed by atoms with Crippen molar-refractivity contribution in [1.29, 1.82) is 0 Å². The first-order valence-corrected chi connectivity index (χ1v) is 4.02. The van der Waals surface area contributed by atoms with Crippen molar-refractivity contribution >= 4 is 17.7 Å². The topological polar surface area (TPSA) is 104 Å². The van der Waals surface area contributed by atoms with E-state index in [0.29, 0.717) is 0 Å². The Bertz CT molecular complexity index is 250. The molecule has 0 radical (unpaired) electrons. The third-order valence-corrected chi connectivity index (χ3v) is 1.90. The number of rotatable bonds is 6. The van der Waals surface area contributed by atoms with Crippen LogP contribution in [-0.2, 0) is 14.4 Å². The zero-order valence-electron chi connectivity index (χ0n) is 7.98. The molecular formula is C8H13NO5. The maximum atomic E-state index is 11.0. The van der Waals surface area contributed by atoms with Gasteiger partial charge in [-0.15, -0.1) is 0 Å². The highest BCUT2D eigenvalue weighted by Crippen LogP contribution is 2.11. The Morgan fingerprint density at radius 2 is 1.79 bits per heavy atom. The van der Waals surface area contributed by atoms with Gasteiger partial charge >= 0.3 is 11.9 Å². The first-order chi connectivity index (χ1) is 6.40. The molecule has 0 aliphatic heterocycles. The third kappa shape index (κ3) is 3.53. The number of nitrogens with one attached hydrogen (secondary N) is 1. The number of ketones is 1. The van der Waals surface area contributed by atoms with Gasteiger partial charge in [0.05, 0.1) is 12.3 Å². The number of carbonyl (C=O) groups excluding carboxylic acids is 1. The van der Waals surface area contributed by atoms with Gasteiger partial charge in [-0.2, -0.15) is 0 Å². The van der Waals surface area contributed by atoms with Crippen LogP contribution in [0.15, 0.2) is 0 Å². The molecule has 0 aromatic heterocycles. The number of carbonyl (C=O) groups is 3. The lowest BCUT2D eigenvalue weighted by Crippen LogP contribution is -2.44. The van der Waals surface area contributed by atoms with Crippen molar-refractivity contribution in [3.63, 3.8) is 0 Å². The summed E-state index contributed by atoms with van der Waals surface area (Å²) in [5.74, 6) is -3.90. The van der Waals surface area contributed by atoms with E-state index in [1.165, 1.54) is 14.0 Å². The lowest BCUT2D eigenvalue weighted by Gasteiger charge is -2.19. The summed E-state index contributed by atoms with van der Waals surface area (Å²) in [6.45, 7) is 1.18. The Balaban J connectivity index is 4.69. The smallest absolute Gasteiger partial charge is 0.321 e. The number of hydrogen-bond donors (Lipinski definition) is 3. The van der Waals surface area contributed by atoms with Crippen LogP contribution in [0.2, 0.25) is 0 Å². The second kappa shape index (κ2) is 5.33. The Kier molecular flexibility index (Phi) is 4.79. The molecule has 0 heterocycles. The van der Waals surface area contributed by atoms with Crippen LogP contribution in [-0.4, -0.2) is 41.0 Å². The van der Waals surface area contributed by atoms with E-state index >= 15 is 0 Å². The molecule has 0 aromatic carbocycles. The van der Waals surface area contributed by atoms with Crippen LogP contribution in [0.25, 0.3) is 0 Å². The van der Waals surface area contributed by atoms with Gasteiger partial charge in [-0.1, -0.05) is 0 Å². The second-order valence-corrected chi connectivity index (χ2v) is 2.92. The summed E-state index contributed by atoms with van der Waals surface area (Å²) >= 11 is 0. The maximum Gasteiger partial charge on any atom is 0.321 e. The molecule has 2 atom stereocenters. The third-order valence-electron chi connectivity index (χ3n) is 1.90. The van der Waals surface area contributed by atoms with Gasteiger partial charge < -0.3 is 15.5 Å². The van der Waals surface area contributed by atoms with E-state index in [9.17, 15) is 14.4 Å². The van der Waals surface area contributed by atoms with Gasteiger partial charge in [-0.05, 0) is 14.0 Å². The van der Waals surface area contributed by atoms with Crippen LogP contribution >= 0.6 is 0 Å². The molecule has 6 heteroatoms. The predicted octanol–water partition coefficient (Wildman–Crippen LogP) is -0.661. The van der Waals surface area contributed by atoms with Gasteiger partial charge in [0, 0.05) is 0 Å². The van der Waals surface area contributed by atoms with E-state index in [-0.39, 0.29) is 0 Å². The molecule has 0 bridgehead atoms. The summed E-state index contributed by atoms with van der Waals surface area (Å²) in [5.41, 5.74) is 0. The fourth-order valence-electron chi connectivity index (χ4n) is 1.18. The first-order valence-electron chi connectivity index (χ1n) is 4.02. The Hall–Kier alpha value is -1.43. The molecule has 3 N–H and O–H groups in total. The molecule has 0 spiro atoms. The van der Waals surface area contributed by atoms with Crippen LogP contribution in [0, 0.1) is 5.92 Å². The van der Waals surface area contributed by atoms with Crippen molar-refractivity contribution in [3.8, 4) is 0 Å². The van der Waals surface area contributed by atoms with Gasteiger partial charge in [-0.25, -0.2) is 0 Å². The molecule has 0 amide bonds. The molecule has 0 aliphatic rings. The number of aliphatic carboxylic acids is 2. The van der Waals surface area contributed by atoms with E-state index in [2.05, 4.69) is 5.32 Å². The minimum absolute atomic E-state index is 0.450. The highest BCUT2D eigenvalue weighted by molar-refractivity contribution is 5.89. The first kappa shape index (κ1) is 12.6. The monoisotopic (exact) mass is 203 g/mol. The average molecular weight is 203 g/mol. The summed E-state index contributed by atoms with van der Waals surface area (Å²) in [4.78, 5) is 32.1. The zero-order chi connectivity index (χ0) is 11.3. The van der Waals surface area contributed by atoms with Gasteiger partial charge in [0.1, 0.15) is 11.8 Å². The minimum atomic E-state index is -1.23. The Morgan fingerprint density at radius 1 is 1.29 bits per heavy atom. The lowest BCUT2D eigenvalue weighted by atomic mass is 9.92. The summed E-state index contributed by atoms with van der Waals surface area (Å²) in [6, 6.07) is -1.15. The van der Waals surface area contributed by atoms with Gasteiger partial charge in [-0.3, -0.25) is 14.4 Å². The molecule has 0 saturated heterocycles. The van der Waals surface area contributed by atoms with Gasteiger partial charge in [0.25, 0.3) is 0 Å². The van der Waals surface area contributed by atoms with Crippen molar-refractivity contribution in [3.05, 3.63) is 0 Å². The van der Waals surface area contributed by atoms with Crippen molar-refractivity contribution in [1.82, 2.24) is 5.32 Å². The molecule has 0 saturated carbocycles. The summed E-state index contributed by atoms with van der Waals surface area (Å²) in [5, 5.41) is 19.6. The highest BCUT2D eigenvalue weighted by Gasteiger charge is 2.31. The molecule has 0 fully saturated rings. The van der Waals surface area contributed by atoms with Gasteiger partial charge in [0.15, 0.2) is 0 Å². The van der Waals surface area contributed by atoms with E-state index < -0.39 is 36.1 Å². The standard InChI is InChI=1S/C8H13NO5/c1-4(10)5(3-6(11)12)7(9-2)8(13)14/h5,7,9H,3H2,1-2H3,(H,11,12)(H,13,14). The van der Waals surface area contributed by atoms with Crippen molar-refractivity contribution < 1.29 is 24.6 Å². The van der Waals surface area contributed by atoms with Crippen LogP contribution in [0.5, 0.6) is 0 Å². The highest BCUT2D eigenvalue weighted by atomic mass is 16.4. The van der Waals surface area contributed by atoms with E-state index in [4.69, 9.17) is 10.2 Å². The molecule has 80 valence electrons. The molecule has 0 rings (SSSR count). The fourth-order valence-corrected chi connectivity index (χ4v) is 1.18. The SMILES string of the molecule is CNC(C(=O)O)C(CC(=O)O)C(C)=O. The molecule has 0 aromatic rings. The average Bonchev–Trinajstić information content (AvgIpc) is 2.02. The Morgan fingerprint density at radius 3 is 2.00 bits per heavy atom. The van der Waals surface area contributed by atoms with Crippen molar-refractivity contribution in [2.45, 2.75) is 19.4 Å². The second-order valence-electron chi connectivity index (χ2n) is 2.92. The number of carboxylic acid groups (broad SMARTS) is 2. The minimum Gasteiger partial charge on any atom is -0.481 e. The van der Waals surface area contributed by atoms with Crippen LogP contribution < -0.4 is 5.32 Å². The summed E-state index contributed by atoms with van der Waals surface area (Å²) < 4.78 is 0. The van der Waals surface area contributed by atoms with Crippen LogP contribution in [0.1, 0.15) is 13.3 Å². The maximum absolute atomic E-state index is 11.0. The largest absolute Gasteiger partial charge is 0.481 e. The van der Waals surface area contributed by atoms with Crippen molar-refractivity contribution in [2.24, 2.45) is 5.92 Å². The summed E-state index contributed by atoms with van der Waals surface area (Å²) in [7, 11) is 1.37. The van der Waals surface area contributed by atoms with Crippen molar-refractivity contribution in [2.75, 3.05) is 7.05 Å². The lowest BCUT2D eigenvalue weighted by molar-refractivity contribution is -0.146. The molecular weight excluding hydrogens is 190 g/mol. The number of carboxylic acids is 2. The van der Waals surface area contributed by atoms with Crippen LogP contribution in [0.4, 0.5) is 0 Å². The van der Waals surface area contributed by atoms with Crippen LogP contribution in [0.3, 0.4) is 0 Å². The number of Topliss-reactive ketones (excluding diaryl/α,β-unsaturated/α-hetero) is 1. The zero-order valence-corrected chi connectivity index (χ0v) is 7.98. The normalized spacial score (nSPS) is 14.4. The van der Waals surface area contributed by atoms with E-state index in [1.807, 2.05) is 0 Å². The molecule has 0 aliphatic carbocycles. The van der Waals surface area contributed by atoms with E-state index in [0.717, 1.165) is 0 Å².